The smallest absolute Gasteiger partial charge is 0.319 e. The molecule has 0 radical (unpaired) electrons. The average molecular weight is 496 g/mol. The Bertz CT molecular complexity index is 1460. The molecule has 1 aliphatic heterocycles. The molecule has 1 fully saturated rings. The molecule has 1 atom stereocenters. The molecule has 186 valence electrons. The highest BCUT2D eigenvalue weighted by Gasteiger charge is 2.50. The first kappa shape index (κ1) is 23.9. The first-order valence-electron chi connectivity index (χ1n) is 11.7. The fraction of sp³-hybridized carbons (Fsp3) is 0.185. The second-order valence-electron chi connectivity index (χ2n) is 9.06. The summed E-state index contributed by atoms with van der Waals surface area (Å²) in [4.78, 5) is 42.7. The van der Waals surface area contributed by atoms with Crippen LogP contribution >= 0.6 is 0 Å². The number of nitrogens with zero attached hydrogens (tertiary/aromatic N) is 6. The van der Waals surface area contributed by atoms with Crippen LogP contribution in [0.2, 0.25) is 0 Å². The lowest BCUT2D eigenvalue weighted by molar-refractivity contribution is -0.134. The third-order valence-electron chi connectivity index (χ3n) is 6.40. The van der Waals surface area contributed by atoms with Gasteiger partial charge in [0.2, 0.25) is 5.91 Å². The Kier molecular flexibility index (Phi) is 6.22. The first-order valence-corrected chi connectivity index (χ1v) is 11.7. The molecule has 0 aliphatic carbocycles. The maximum absolute atomic E-state index is 13.6. The summed E-state index contributed by atoms with van der Waals surface area (Å²) in [6.45, 7) is 3.48. The van der Waals surface area contributed by atoms with Crippen molar-refractivity contribution in [1.29, 1.82) is 0 Å². The van der Waals surface area contributed by atoms with E-state index in [0.29, 0.717) is 23.5 Å². The summed E-state index contributed by atoms with van der Waals surface area (Å²) in [5.41, 5.74) is 2.45. The number of hydrogen-bond donors (Lipinski definition) is 1. The fourth-order valence-electron chi connectivity index (χ4n) is 4.38. The van der Waals surface area contributed by atoms with Crippen molar-refractivity contribution < 1.29 is 14.4 Å². The van der Waals surface area contributed by atoms with E-state index in [4.69, 9.17) is 0 Å². The summed E-state index contributed by atoms with van der Waals surface area (Å²) in [6, 6.07) is 23.5. The zero-order valence-corrected chi connectivity index (χ0v) is 20.4. The summed E-state index contributed by atoms with van der Waals surface area (Å²) in [7, 11) is 0. The van der Waals surface area contributed by atoms with Gasteiger partial charge in [0.05, 0.1) is 12.2 Å². The summed E-state index contributed by atoms with van der Waals surface area (Å²) in [5.74, 6) is -0.881. The van der Waals surface area contributed by atoms with Crippen LogP contribution < -0.4 is 10.2 Å². The summed E-state index contributed by atoms with van der Waals surface area (Å²) >= 11 is 0. The van der Waals surface area contributed by atoms with Gasteiger partial charge in [-0.2, -0.15) is 0 Å². The van der Waals surface area contributed by atoms with E-state index in [0.717, 1.165) is 16.0 Å². The monoisotopic (exact) mass is 495 g/mol. The number of tetrazole rings is 1. The van der Waals surface area contributed by atoms with Gasteiger partial charge in [-0.3, -0.25) is 14.5 Å². The van der Waals surface area contributed by atoms with Crippen molar-refractivity contribution in [2.45, 2.75) is 25.9 Å². The van der Waals surface area contributed by atoms with Crippen molar-refractivity contribution in [1.82, 2.24) is 30.4 Å². The Morgan fingerprint density at radius 2 is 1.78 bits per heavy atom. The number of imide groups is 1. The number of hydrogen-bond acceptors (Lipinski definition) is 6. The van der Waals surface area contributed by atoms with Gasteiger partial charge in [-0.25, -0.2) is 9.48 Å². The van der Waals surface area contributed by atoms with Crippen LogP contribution in [-0.4, -0.2) is 49.5 Å². The minimum atomic E-state index is -1.35. The Balaban J connectivity index is 1.41. The van der Waals surface area contributed by atoms with Crippen molar-refractivity contribution in [3.63, 3.8) is 0 Å². The summed E-state index contributed by atoms with van der Waals surface area (Å²) in [6.07, 6.45) is 1.44. The molecule has 0 unspecified atom stereocenters. The molecule has 4 aromatic rings. The number of nitrogens with one attached hydrogen (secondary N) is 1. The van der Waals surface area contributed by atoms with Gasteiger partial charge in [0.1, 0.15) is 18.4 Å². The molecule has 1 N–H and O–H groups in total. The molecule has 3 aromatic carbocycles. The second-order valence-corrected chi connectivity index (χ2v) is 9.06. The first-order chi connectivity index (χ1) is 17.8. The summed E-state index contributed by atoms with van der Waals surface area (Å²) in [5, 5.41) is 13.9. The van der Waals surface area contributed by atoms with Gasteiger partial charge < -0.3 is 10.2 Å². The maximum atomic E-state index is 13.6. The van der Waals surface area contributed by atoms with Gasteiger partial charge >= 0.3 is 6.03 Å². The van der Waals surface area contributed by atoms with E-state index in [9.17, 15) is 14.4 Å². The number of anilines is 1. The van der Waals surface area contributed by atoms with Crippen LogP contribution in [0.15, 0.2) is 85.2 Å². The fourth-order valence-corrected chi connectivity index (χ4v) is 4.38. The lowest BCUT2D eigenvalue weighted by Crippen LogP contribution is -2.44. The molecule has 37 heavy (non-hydrogen) atoms. The molecular weight excluding hydrogens is 470 g/mol. The average Bonchev–Trinajstić information content (AvgIpc) is 3.52. The molecule has 5 rings (SSSR count). The van der Waals surface area contributed by atoms with E-state index in [1.165, 1.54) is 11.0 Å². The van der Waals surface area contributed by atoms with Crippen LogP contribution in [0, 0.1) is 6.92 Å². The van der Waals surface area contributed by atoms with Crippen LogP contribution in [0.5, 0.6) is 0 Å². The van der Waals surface area contributed by atoms with E-state index in [-0.39, 0.29) is 5.91 Å². The molecule has 1 saturated heterocycles. The SMILES string of the molecule is Cc1cccc(N(Cc2ccccc2)C(=O)CN2C(=O)N[C@](C)(c3cccc(-n4cnnn4)c3)C2=O)c1. The van der Waals surface area contributed by atoms with Gasteiger partial charge in [-0.05, 0) is 65.2 Å². The number of carbonyl (C=O) groups excluding carboxylic acids is 3. The van der Waals surface area contributed by atoms with Gasteiger partial charge in [-0.15, -0.1) is 5.10 Å². The van der Waals surface area contributed by atoms with Gasteiger partial charge in [0.15, 0.2) is 0 Å². The van der Waals surface area contributed by atoms with E-state index < -0.39 is 24.0 Å². The Labute approximate surface area is 213 Å². The largest absolute Gasteiger partial charge is 0.325 e. The predicted molar refractivity (Wildman–Crippen MR) is 136 cm³/mol. The molecular formula is C27H25N7O3. The van der Waals surface area contributed by atoms with E-state index >= 15 is 0 Å². The van der Waals surface area contributed by atoms with Crippen molar-refractivity contribution in [3.8, 4) is 5.69 Å². The minimum Gasteiger partial charge on any atom is -0.319 e. The van der Waals surface area contributed by atoms with Crippen molar-refractivity contribution in [2.24, 2.45) is 0 Å². The van der Waals surface area contributed by atoms with Gasteiger partial charge in [0, 0.05) is 5.69 Å². The van der Waals surface area contributed by atoms with Crippen molar-refractivity contribution >= 4 is 23.5 Å². The van der Waals surface area contributed by atoms with Crippen LogP contribution in [-0.2, 0) is 21.7 Å². The number of amides is 4. The molecule has 0 spiro atoms. The zero-order valence-electron chi connectivity index (χ0n) is 20.4. The maximum Gasteiger partial charge on any atom is 0.325 e. The number of aromatic nitrogens is 4. The van der Waals surface area contributed by atoms with Crippen LogP contribution in [0.3, 0.4) is 0 Å². The van der Waals surface area contributed by atoms with Crippen molar-refractivity contribution in [3.05, 3.63) is 102 Å². The highest BCUT2D eigenvalue weighted by atomic mass is 16.2. The van der Waals surface area contributed by atoms with Crippen LogP contribution in [0.25, 0.3) is 5.69 Å². The zero-order chi connectivity index (χ0) is 26.0. The highest BCUT2D eigenvalue weighted by molar-refractivity contribution is 6.10. The minimum absolute atomic E-state index is 0.304. The lowest BCUT2D eigenvalue weighted by Gasteiger charge is -2.26. The molecule has 0 saturated carbocycles. The molecule has 2 heterocycles. The lowest BCUT2D eigenvalue weighted by atomic mass is 9.91. The normalized spacial score (nSPS) is 17.1. The Morgan fingerprint density at radius 1 is 1.00 bits per heavy atom. The van der Waals surface area contributed by atoms with E-state index in [1.54, 1.807) is 36.1 Å². The predicted octanol–water partition coefficient (Wildman–Crippen LogP) is 2.97. The summed E-state index contributed by atoms with van der Waals surface area (Å²) < 4.78 is 1.46. The second kappa shape index (κ2) is 9.65. The number of carbonyl (C=O) groups is 3. The van der Waals surface area contributed by atoms with Crippen LogP contribution in [0.1, 0.15) is 23.6 Å². The topological polar surface area (TPSA) is 113 Å². The molecule has 1 aliphatic rings. The molecule has 0 bridgehead atoms. The third kappa shape index (κ3) is 4.68. The molecule has 10 nitrogen and oxygen atoms in total. The Morgan fingerprint density at radius 3 is 2.51 bits per heavy atom. The number of benzene rings is 3. The van der Waals surface area contributed by atoms with Gasteiger partial charge in [0.25, 0.3) is 5.91 Å². The van der Waals surface area contributed by atoms with E-state index in [1.807, 2.05) is 61.5 Å². The molecule has 10 heteroatoms. The highest BCUT2D eigenvalue weighted by Crippen LogP contribution is 2.30. The van der Waals surface area contributed by atoms with Crippen molar-refractivity contribution in [2.75, 3.05) is 11.4 Å². The Hall–Kier alpha value is -4.86. The van der Waals surface area contributed by atoms with Crippen LogP contribution in [0.4, 0.5) is 10.5 Å². The number of urea groups is 1. The third-order valence-corrected chi connectivity index (χ3v) is 6.40. The molecule has 1 aromatic heterocycles. The quantitative estimate of drug-likeness (QED) is 0.395. The molecule has 4 amide bonds. The van der Waals surface area contributed by atoms with Gasteiger partial charge in [-0.1, -0.05) is 54.6 Å². The number of aryl methyl sites for hydroxylation is 1. The number of rotatable bonds is 7. The van der Waals surface area contributed by atoms with E-state index in [2.05, 4.69) is 20.8 Å². The standard InChI is InChI=1S/C27H25N7O3/c1-19-8-6-12-22(14-19)32(16-20-9-4-3-5-10-20)24(35)17-33-25(36)27(2,29-26(33)37)21-11-7-13-23(15-21)34-18-28-30-31-34/h3-15,18H,16-17H2,1-2H3,(H,29,37)/t27-/m1/s1.